The Kier molecular flexibility index (Phi) is 4.21. The van der Waals surface area contributed by atoms with Crippen LogP contribution in [-0.2, 0) is 11.8 Å². The number of nitrogens with one attached hydrogen (secondary N) is 1. The van der Waals surface area contributed by atoms with Gasteiger partial charge in [0, 0.05) is 18.6 Å². The molecule has 0 saturated heterocycles. The minimum Gasteiger partial charge on any atom is -0.480 e. The highest BCUT2D eigenvalue weighted by Crippen LogP contribution is 2.16. The Morgan fingerprint density at radius 3 is 2.81 bits per heavy atom. The number of rotatable bonds is 5. The number of pyridine rings is 1. The van der Waals surface area contributed by atoms with Crippen molar-refractivity contribution < 1.29 is 14.7 Å². The highest BCUT2D eigenvalue weighted by molar-refractivity contribution is 5.99. The first-order valence-corrected chi connectivity index (χ1v) is 6.77. The number of amides is 1. The van der Waals surface area contributed by atoms with Gasteiger partial charge in [-0.25, -0.2) is 9.78 Å². The summed E-state index contributed by atoms with van der Waals surface area (Å²) in [5, 5.41) is 16.6. The van der Waals surface area contributed by atoms with Crippen LogP contribution in [0.2, 0.25) is 0 Å². The van der Waals surface area contributed by atoms with E-state index < -0.39 is 17.9 Å². The first-order chi connectivity index (χ1) is 9.93. The molecular formula is C14H18N4O3. The fourth-order valence-corrected chi connectivity index (χ4v) is 2.22. The topological polar surface area (TPSA) is 97.1 Å². The van der Waals surface area contributed by atoms with Crippen LogP contribution in [-0.4, -0.2) is 37.8 Å². The maximum absolute atomic E-state index is 12.2. The second kappa shape index (κ2) is 5.90. The van der Waals surface area contributed by atoms with Gasteiger partial charge >= 0.3 is 5.97 Å². The van der Waals surface area contributed by atoms with Crippen molar-refractivity contribution in [3.63, 3.8) is 0 Å². The fourth-order valence-electron chi connectivity index (χ4n) is 2.22. The van der Waals surface area contributed by atoms with E-state index in [1.807, 2.05) is 13.8 Å². The summed E-state index contributed by atoms with van der Waals surface area (Å²) in [6, 6.07) is 0.804. The molecule has 2 aromatic rings. The lowest BCUT2D eigenvalue weighted by molar-refractivity contribution is -0.139. The van der Waals surface area contributed by atoms with E-state index >= 15 is 0 Å². The van der Waals surface area contributed by atoms with Crippen LogP contribution in [0.25, 0.3) is 11.0 Å². The zero-order valence-corrected chi connectivity index (χ0v) is 12.3. The molecule has 2 N–H and O–H groups in total. The van der Waals surface area contributed by atoms with E-state index in [9.17, 15) is 9.59 Å². The molecule has 0 aromatic carbocycles. The van der Waals surface area contributed by atoms with E-state index in [1.165, 1.54) is 6.20 Å². The number of aryl methyl sites for hydroxylation is 2. The lowest BCUT2D eigenvalue weighted by Crippen LogP contribution is -2.40. The molecule has 0 bridgehead atoms. The van der Waals surface area contributed by atoms with Gasteiger partial charge in [0.15, 0.2) is 5.65 Å². The smallest absolute Gasteiger partial charge is 0.326 e. The predicted molar refractivity (Wildman–Crippen MR) is 77.0 cm³/mol. The molecule has 0 aliphatic heterocycles. The molecule has 7 nitrogen and oxygen atoms in total. The van der Waals surface area contributed by atoms with Crippen molar-refractivity contribution in [3.05, 3.63) is 23.5 Å². The van der Waals surface area contributed by atoms with Crippen molar-refractivity contribution in [2.75, 3.05) is 0 Å². The second-order valence-corrected chi connectivity index (χ2v) is 4.96. The maximum Gasteiger partial charge on any atom is 0.326 e. The Bertz CT molecular complexity index is 693. The third-order valence-corrected chi connectivity index (χ3v) is 3.31. The van der Waals surface area contributed by atoms with Crippen LogP contribution < -0.4 is 5.32 Å². The van der Waals surface area contributed by atoms with Crippen molar-refractivity contribution >= 4 is 22.9 Å². The molecule has 2 rings (SSSR count). The molecule has 0 saturated carbocycles. The minimum atomic E-state index is -1.03. The van der Waals surface area contributed by atoms with E-state index in [0.717, 1.165) is 11.1 Å². The summed E-state index contributed by atoms with van der Waals surface area (Å²) in [6.45, 7) is 3.71. The number of carbonyl (C=O) groups excluding carboxylic acids is 1. The van der Waals surface area contributed by atoms with Gasteiger partial charge < -0.3 is 10.4 Å². The Labute approximate surface area is 122 Å². The first kappa shape index (κ1) is 15.0. The molecule has 0 spiro atoms. The molecule has 1 atom stereocenters. The molecule has 0 aliphatic carbocycles. The number of hydrogen-bond donors (Lipinski definition) is 2. The number of hydrogen-bond acceptors (Lipinski definition) is 4. The molecule has 0 unspecified atom stereocenters. The van der Waals surface area contributed by atoms with Crippen LogP contribution in [0, 0.1) is 6.92 Å². The van der Waals surface area contributed by atoms with Gasteiger partial charge in [0.05, 0.1) is 11.3 Å². The molecule has 0 fully saturated rings. The SMILES string of the molecule is CCC[C@H](NC(=O)c1cnc2c(c1)c(C)nn2C)C(=O)O. The van der Waals surface area contributed by atoms with Gasteiger partial charge in [-0.05, 0) is 19.4 Å². The fraction of sp³-hybridized carbons (Fsp3) is 0.429. The average Bonchev–Trinajstić information content (AvgIpc) is 2.73. The largest absolute Gasteiger partial charge is 0.480 e. The van der Waals surface area contributed by atoms with Crippen LogP contribution in [0.5, 0.6) is 0 Å². The highest BCUT2D eigenvalue weighted by atomic mass is 16.4. The highest BCUT2D eigenvalue weighted by Gasteiger charge is 2.20. The summed E-state index contributed by atoms with van der Waals surface area (Å²) in [7, 11) is 1.78. The molecular weight excluding hydrogens is 272 g/mol. The van der Waals surface area contributed by atoms with Gasteiger partial charge in [0.2, 0.25) is 0 Å². The molecule has 1 amide bonds. The van der Waals surface area contributed by atoms with E-state index in [-0.39, 0.29) is 0 Å². The lowest BCUT2D eigenvalue weighted by atomic mass is 10.1. The molecule has 0 aliphatic rings. The Morgan fingerprint density at radius 1 is 1.48 bits per heavy atom. The second-order valence-electron chi connectivity index (χ2n) is 4.96. The van der Waals surface area contributed by atoms with E-state index in [0.29, 0.717) is 24.1 Å². The van der Waals surface area contributed by atoms with Gasteiger partial charge in [0.1, 0.15) is 6.04 Å². The molecule has 2 heterocycles. The van der Waals surface area contributed by atoms with Crippen LogP contribution in [0.15, 0.2) is 12.3 Å². The van der Waals surface area contributed by atoms with Crippen LogP contribution in [0.3, 0.4) is 0 Å². The van der Waals surface area contributed by atoms with Crippen LogP contribution in [0.1, 0.15) is 35.8 Å². The quantitative estimate of drug-likeness (QED) is 0.864. The number of carboxylic acids is 1. The number of carbonyl (C=O) groups is 2. The number of fused-ring (bicyclic) bond motifs is 1. The normalized spacial score (nSPS) is 12.3. The molecule has 112 valence electrons. The Morgan fingerprint density at radius 2 is 2.19 bits per heavy atom. The van der Waals surface area contributed by atoms with Crippen molar-refractivity contribution in [3.8, 4) is 0 Å². The van der Waals surface area contributed by atoms with E-state index in [1.54, 1.807) is 17.8 Å². The predicted octanol–water partition coefficient (Wildman–Crippen LogP) is 1.26. The Hall–Kier alpha value is -2.44. The van der Waals surface area contributed by atoms with E-state index in [2.05, 4.69) is 15.4 Å². The summed E-state index contributed by atoms with van der Waals surface area (Å²) in [4.78, 5) is 27.4. The summed E-state index contributed by atoms with van der Waals surface area (Å²) in [6.07, 6.45) is 2.50. The van der Waals surface area contributed by atoms with Crippen molar-refractivity contribution in [1.82, 2.24) is 20.1 Å². The monoisotopic (exact) mass is 290 g/mol. The van der Waals surface area contributed by atoms with Gasteiger partial charge in [0.25, 0.3) is 5.91 Å². The van der Waals surface area contributed by atoms with Gasteiger partial charge in [-0.3, -0.25) is 9.48 Å². The summed E-state index contributed by atoms with van der Waals surface area (Å²) in [5.41, 5.74) is 1.80. The molecule has 0 radical (unpaired) electrons. The van der Waals surface area contributed by atoms with Gasteiger partial charge in [-0.15, -0.1) is 0 Å². The first-order valence-electron chi connectivity index (χ1n) is 6.77. The minimum absolute atomic E-state index is 0.334. The standard InChI is InChI=1S/C14H18N4O3/c1-4-5-11(14(20)21)16-13(19)9-6-10-8(2)17-18(3)12(10)15-7-9/h6-7,11H,4-5H2,1-3H3,(H,16,19)(H,20,21)/t11-/m0/s1. The van der Waals surface area contributed by atoms with Gasteiger partial charge in [-0.1, -0.05) is 13.3 Å². The van der Waals surface area contributed by atoms with Gasteiger partial charge in [-0.2, -0.15) is 5.10 Å². The average molecular weight is 290 g/mol. The van der Waals surface area contributed by atoms with Crippen LogP contribution >= 0.6 is 0 Å². The number of nitrogens with zero attached hydrogens (tertiary/aromatic N) is 3. The maximum atomic E-state index is 12.2. The number of aliphatic carboxylic acids is 1. The Balaban J connectivity index is 2.27. The molecule has 7 heteroatoms. The van der Waals surface area contributed by atoms with Crippen molar-refractivity contribution in [2.45, 2.75) is 32.7 Å². The number of aromatic nitrogens is 3. The zero-order chi connectivity index (χ0) is 15.6. The molecule has 21 heavy (non-hydrogen) atoms. The summed E-state index contributed by atoms with van der Waals surface area (Å²) < 4.78 is 1.64. The summed E-state index contributed by atoms with van der Waals surface area (Å²) >= 11 is 0. The van der Waals surface area contributed by atoms with Crippen molar-refractivity contribution in [2.24, 2.45) is 7.05 Å². The third-order valence-electron chi connectivity index (χ3n) is 3.31. The number of carboxylic acid groups (broad SMARTS) is 1. The molecule has 2 aromatic heterocycles. The van der Waals surface area contributed by atoms with Crippen LogP contribution in [0.4, 0.5) is 0 Å². The zero-order valence-electron chi connectivity index (χ0n) is 12.3. The van der Waals surface area contributed by atoms with E-state index in [4.69, 9.17) is 5.11 Å². The third kappa shape index (κ3) is 3.01. The van der Waals surface area contributed by atoms with Crippen molar-refractivity contribution in [1.29, 1.82) is 0 Å². The summed E-state index contributed by atoms with van der Waals surface area (Å²) in [5.74, 6) is -1.47. The lowest BCUT2D eigenvalue weighted by Gasteiger charge is -2.13.